The molecule has 0 bridgehead atoms. The van der Waals surface area contributed by atoms with Crippen LogP contribution in [0, 0.1) is 0 Å². The minimum Gasteiger partial charge on any atom is -0.410 e. The van der Waals surface area contributed by atoms with Gasteiger partial charge in [-0.3, -0.25) is 4.55 Å². The number of oxime groups is 1. The lowest BCUT2D eigenvalue weighted by Crippen LogP contribution is -2.27. The van der Waals surface area contributed by atoms with Gasteiger partial charge in [-0.05, 0) is 58.3 Å². The van der Waals surface area contributed by atoms with Crippen LogP contribution in [0.1, 0.15) is 11.1 Å². The van der Waals surface area contributed by atoms with Crippen molar-refractivity contribution < 1.29 is 26.6 Å². The monoisotopic (exact) mass is 606 g/mol. The Balaban J connectivity index is 1.46. The zero-order valence-corrected chi connectivity index (χ0v) is 23.9. The van der Waals surface area contributed by atoms with Crippen LogP contribution < -0.4 is 4.31 Å². The molecule has 0 heterocycles. The fourth-order valence-corrected chi connectivity index (χ4v) is 7.81. The predicted octanol–water partition coefficient (Wildman–Crippen LogP) is 6.97. The summed E-state index contributed by atoms with van der Waals surface area (Å²) in [6.07, 6.45) is 0. The zero-order chi connectivity index (χ0) is 29.9. The molecule has 43 heavy (non-hydrogen) atoms. The molecule has 6 aromatic rings. The first kappa shape index (κ1) is 26.8. The van der Waals surface area contributed by atoms with E-state index < -0.39 is 20.1 Å². The molecule has 0 unspecified atom stereocenters. The molecule has 0 fully saturated rings. The van der Waals surface area contributed by atoms with E-state index in [-0.39, 0.29) is 21.1 Å². The van der Waals surface area contributed by atoms with Crippen molar-refractivity contribution in [1.82, 2.24) is 0 Å². The number of nitrogens with zero attached hydrogens (tertiary/aromatic N) is 2. The number of hydrogen-bond acceptors (Lipinski definition) is 6. The van der Waals surface area contributed by atoms with Gasteiger partial charge in [-0.2, -0.15) is 8.42 Å². The predicted molar refractivity (Wildman–Crippen MR) is 166 cm³/mol. The molecule has 212 valence electrons. The number of hydrogen-bond donors (Lipinski definition) is 2. The van der Waals surface area contributed by atoms with E-state index in [1.807, 2.05) is 72.8 Å². The molecule has 0 atom stereocenters. The van der Waals surface area contributed by atoms with Crippen molar-refractivity contribution in [2.24, 2.45) is 5.16 Å². The van der Waals surface area contributed by atoms with Crippen molar-refractivity contribution in [1.29, 1.82) is 0 Å². The molecule has 6 aromatic carbocycles. The summed E-state index contributed by atoms with van der Waals surface area (Å²) in [6.45, 7) is 0. The van der Waals surface area contributed by atoms with Crippen molar-refractivity contribution >= 4 is 58.8 Å². The topological polar surface area (TPSA) is 124 Å². The largest absolute Gasteiger partial charge is 0.410 e. The van der Waals surface area contributed by atoms with Gasteiger partial charge in [0.1, 0.15) is 5.71 Å². The molecule has 0 amide bonds. The van der Waals surface area contributed by atoms with Crippen LogP contribution in [0.25, 0.3) is 32.7 Å². The fourth-order valence-electron chi connectivity index (χ4n) is 5.75. The number of rotatable bonds is 5. The first-order valence-electron chi connectivity index (χ1n) is 13.2. The van der Waals surface area contributed by atoms with E-state index in [2.05, 4.69) is 5.16 Å². The molecule has 0 aromatic heterocycles. The lowest BCUT2D eigenvalue weighted by Gasteiger charge is -2.27. The summed E-state index contributed by atoms with van der Waals surface area (Å²) in [6, 6.07) is 34.5. The normalized spacial score (nSPS) is 13.7. The summed E-state index contributed by atoms with van der Waals surface area (Å²) < 4.78 is 64.0. The Morgan fingerprint density at radius 3 is 1.51 bits per heavy atom. The third-order valence-corrected chi connectivity index (χ3v) is 10.3. The van der Waals surface area contributed by atoms with Crippen molar-refractivity contribution in [2.45, 2.75) is 9.79 Å². The molecule has 7 rings (SSSR count). The van der Waals surface area contributed by atoms with Gasteiger partial charge in [-0.25, -0.2) is 12.7 Å². The molecule has 0 saturated carbocycles. The number of sulfonamides is 1. The second kappa shape index (κ2) is 9.77. The third kappa shape index (κ3) is 4.26. The summed E-state index contributed by atoms with van der Waals surface area (Å²) in [4.78, 5) is -0.429. The maximum Gasteiger partial charge on any atom is 0.294 e. The molecule has 8 nitrogen and oxygen atoms in total. The van der Waals surface area contributed by atoms with Crippen LogP contribution in [-0.2, 0) is 20.1 Å². The lowest BCUT2D eigenvalue weighted by atomic mass is 10.1. The highest BCUT2D eigenvalue weighted by atomic mass is 32.2. The SMILES string of the molecule is O=S(=O)(O)c1ccc2c(c1)/C(=N\O)c1cc(S(=O)(=O)N(c3cccc4ccccc34)c3cccc4ccccc34)ccc1-2. The third-order valence-electron chi connectivity index (χ3n) is 7.69. The maximum absolute atomic E-state index is 14.8. The molecular weight excluding hydrogens is 585 g/mol. The van der Waals surface area contributed by atoms with E-state index in [4.69, 9.17) is 0 Å². The zero-order valence-electron chi connectivity index (χ0n) is 22.3. The Kier molecular flexibility index (Phi) is 6.10. The molecule has 0 spiro atoms. The van der Waals surface area contributed by atoms with E-state index in [0.717, 1.165) is 21.5 Å². The van der Waals surface area contributed by atoms with E-state index in [1.54, 1.807) is 18.2 Å². The van der Waals surface area contributed by atoms with Crippen LogP contribution in [0.5, 0.6) is 0 Å². The standard InChI is InChI=1S/C33H22N2O6S2/c36-34-33-29-19-23(15-17-27(29)28-18-16-24(20-30(28)33)43(39,40)41)42(37,38)35(31-13-5-9-21-7-1-3-11-25(21)31)32-14-6-10-22-8-2-4-12-26(22)32/h1-20,36H,(H,39,40,41)/b34-33-. The Morgan fingerprint density at radius 2 is 1.00 bits per heavy atom. The van der Waals surface area contributed by atoms with Gasteiger partial charge in [0.05, 0.1) is 21.2 Å². The quantitative estimate of drug-likeness (QED) is 0.124. The average Bonchev–Trinajstić information content (AvgIpc) is 3.33. The number of fused-ring (bicyclic) bond motifs is 5. The van der Waals surface area contributed by atoms with Crippen LogP contribution in [0.4, 0.5) is 11.4 Å². The highest BCUT2D eigenvalue weighted by Gasteiger charge is 2.33. The average molecular weight is 607 g/mol. The van der Waals surface area contributed by atoms with Gasteiger partial charge in [0.2, 0.25) is 0 Å². The van der Waals surface area contributed by atoms with Gasteiger partial charge < -0.3 is 5.21 Å². The van der Waals surface area contributed by atoms with Gasteiger partial charge in [-0.1, -0.05) is 90.1 Å². The summed E-state index contributed by atoms with van der Waals surface area (Å²) in [7, 11) is -8.82. The Labute approximate surface area is 247 Å². The van der Waals surface area contributed by atoms with Crippen LogP contribution in [0.15, 0.2) is 136 Å². The highest BCUT2D eigenvalue weighted by molar-refractivity contribution is 7.93. The molecule has 1 aliphatic rings. The Morgan fingerprint density at radius 1 is 0.535 bits per heavy atom. The highest BCUT2D eigenvalue weighted by Crippen LogP contribution is 2.43. The Bertz CT molecular complexity index is 2280. The first-order chi connectivity index (χ1) is 20.7. The molecule has 2 N–H and O–H groups in total. The molecule has 1 aliphatic carbocycles. The second-order valence-corrected chi connectivity index (χ2v) is 13.3. The van der Waals surface area contributed by atoms with Crippen LogP contribution in [-0.4, -0.2) is 32.3 Å². The van der Waals surface area contributed by atoms with Crippen LogP contribution in [0.3, 0.4) is 0 Å². The van der Waals surface area contributed by atoms with E-state index >= 15 is 0 Å². The van der Waals surface area contributed by atoms with Crippen molar-refractivity contribution in [3.8, 4) is 11.1 Å². The molecular formula is C33H22N2O6S2. The fraction of sp³-hybridized carbons (Fsp3) is 0. The van der Waals surface area contributed by atoms with Crippen LogP contribution in [0.2, 0.25) is 0 Å². The van der Waals surface area contributed by atoms with E-state index in [1.165, 1.54) is 34.6 Å². The minimum absolute atomic E-state index is 0.00516. The summed E-state index contributed by atoms with van der Waals surface area (Å²) in [5.41, 5.74) is 2.59. The second-order valence-electron chi connectivity index (χ2n) is 10.1. The molecule has 10 heteroatoms. The van der Waals surface area contributed by atoms with Gasteiger partial charge >= 0.3 is 0 Å². The maximum atomic E-state index is 14.8. The summed E-state index contributed by atoms with van der Waals surface area (Å²) >= 11 is 0. The molecule has 0 aliphatic heterocycles. The first-order valence-corrected chi connectivity index (χ1v) is 16.1. The number of benzene rings is 6. The molecule has 0 radical (unpaired) electrons. The smallest absolute Gasteiger partial charge is 0.294 e. The van der Waals surface area contributed by atoms with Crippen molar-refractivity contribution in [3.05, 3.63) is 132 Å². The summed E-state index contributed by atoms with van der Waals surface area (Å²) in [5, 5.41) is 16.6. The van der Waals surface area contributed by atoms with Crippen molar-refractivity contribution in [2.75, 3.05) is 4.31 Å². The number of anilines is 2. The summed E-state index contributed by atoms with van der Waals surface area (Å²) in [5.74, 6) is 0. The van der Waals surface area contributed by atoms with Gasteiger partial charge in [0.15, 0.2) is 0 Å². The van der Waals surface area contributed by atoms with Crippen molar-refractivity contribution in [3.63, 3.8) is 0 Å². The van der Waals surface area contributed by atoms with Gasteiger partial charge in [0, 0.05) is 21.9 Å². The molecule has 0 saturated heterocycles. The van der Waals surface area contributed by atoms with Gasteiger partial charge in [-0.15, -0.1) is 0 Å². The minimum atomic E-state index is -4.52. The lowest BCUT2D eigenvalue weighted by molar-refractivity contribution is 0.320. The Hall–Kier alpha value is -5.03. The van der Waals surface area contributed by atoms with Gasteiger partial charge in [0.25, 0.3) is 20.1 Å². The van der Waals surface area contributed by atoms with E-state index in [9.17, 15) is 26.6 Å². The van der Waals surface area contributed by atoms with E-state index in [0.29, 0.717) is 28.1 Å². The van der Waals surface area contributed by atoms with Crippen LogP contribution >= 0.6 is 0 Å².